The lowest BCUT2D eigenvalue weighted by atomic mass is 10.1. The molecule has 10 heteroatoms. The van der Waals surface area contributed by atoms with Crippen molar-refractivity contribution in [2.24, 2.45) is 10.2 Å². The molecule has 0 aliphatic carbocycles. The van der Waals surface area contributed by atoms with Crippen LogP contribution in [0.4, 0.5) is 4.39 Å². The van der Waals surface area contributed by atoms with Gasteiger partial charge in [0, 0.05) is 0 Å². The second kappa shape index (κ2) is 6.94. The Hall–Kier alpha value is -2.45. The summed E-state index contributed by atoms with van der Waals surface area (Å²) >= 11 is 12.2. The summed E-state index contributed by atoms with van der Waals surface area (Å²) in [6, 6.07) is 4.83. The highest BCUT2D eigenvalue weighted by Gasteiger charge is 2.43. The molecule has 1 aromatic heterocycles. The van der Waals surface area contributed by atoms with Crippen molar-refractivity contribution in [1.29, 1.82) is 0 Å². The van der Waals surface area contributed by atoms with Crippen LogP contribution in [0.1, 0.15) is 29.3 Å². The maximum atomic E-state index is 13.1. The van der Waals surface area contributed by atoms with Crippen molar-refractivity contribution in [1.82, 2.24) is 14.9 Å². The molecular formula is C17H14Cl2FN6O+. The number of carbonyl (C=O) groups is 1. The number of hydrogen-bond donors (Lipinski definition) is 0. The molecule has 0 saturated heterocycles. The summed E-state index contributed by atoms with van der Waals surface area (Å²) < 4.78 is 15.0. The molecule has 0 bridgehead atoms. The summed E-state index contributed by atoms with van der Waals surface area (Å²) in [5.41, 5.74) is 0.346. The van der Waals surface area contributed by atoms with E-state index in [1.54, 1.807) is 23.1 Å². The molecule has 2 aromatic rings. The van der Waals surface area contributed by atoms with E-state index in [0.717, 1.165) is 12.4 Å². The normalized spacial score (nSPS) is 21.6. The number of carbonyl (C=O) groups excluding carboxylic acids is 1. The third kappa shape index (κ3) is 3.19. The van der Waals surface area contributed by atoms with E-state index in [1.165, 1.54) is 0 Å². The molecule has 138 valence electrons. The molecular weight excluding hydrogens is 394 g/mol. The van der Waals surface area contributed by atoms with E-state index < -0.39 is 12.0 Å². The summed E-state index contributed by atoms with van der Waals surface area (Å²) in [6.07, 6.45) is 1.68. The molecule has 1 aromatic carbocycles. The maximum Gasteiger partial charge on any atom is 0.343 e. The average Bonchev–Trinajstić information content (AvgIpc) is 3.06. The molecule has 2 aliphatic rings. The number of aromatic nitrogens is 2. The third-order valence-corrected chi connectivity index (χ3v) is 5.35. The van der Waals surface area contributed by atoms with Gasteiger partial charge < -0.3 is 4.90 Å². The number of amides is 1. The Morgan fingerprint density at radius 3 is 2.78 bits per heavy atom. The standard InChI is InChI=1S/C17H14Cl2FN6O/c1-9-7-26-13(23-24-16(26)15-21-5-10(20)6-22-15)8-25(9)17(27)11-3-2-4-12(18)14(11)19/h2-6,9,16H,7-8H2,1H3/q+1/t9-,16?/m0/s1. The van der Waals surface area contributed by atoms with E-state index in [4.69, 9.17) is 23.2 Å². The number of hydrogen-bond acceptors (Lipinski definition) is 5. The molecule has 0 spiro atoms. The van der Waals surface area contributed by atoms with Crippen molar-refractivity contribution < 1.29 is 13.8 Å². The van der Waals surface area contributed by atoms with Crippen LogP contribution in [-0.4, -0.2) is 50.3 Å². The Balaban J connectivity index is 1.61. The quantitative estimate of drug-likeness (QED) is 0.716. The van der Waals surface area contributed by atoms with E-state index in [2.05, 4.69) is 20.2 Å². The molecule has 7 nitrogen and oxygen atoms in total. The summed E-state index contributed by atoms with van der Waals surface area (Å²) in [5, 5.41) is 8.93. The minimum atomic E-state index is -0.518. The van der Waals surface area contributed by atoms with Crippen molar-refractivity contribution in [3.63, 3.8) is 0 Å². The SMILES string of the molecule is C[C@H]1C[N+]2=C(CN1C(=O)c1cccc(Cl)c1Cl)N=NC2c1ncc(F)cn1. The van der Waals surface area contributed by atoms with Crippen LogP contribution in [0.25, 0.3) is 0 Å². The minimum Gasteiger partial charge on any atom is -0.320 e. The number of benzene rings is 1. The van der Waals surface area contributed by atoms with E-state index in [9.17, 15) is 9.18 Å². The smallest absolute Gasteiger partial charge is 0.320 e. The van der Waals surface area contributed by atoms with Crippen LogP contribution in [0.15, 0.2) is 40.8 Å². The fourth-order valence-electron chi connectivity index (χ4n) is 3.14. The summed E-state index contributed by atoms with van der Waals surface area (Å²) in [4.78, 5) is 22.6. The molecule has 1 amide bonds. The third-order valence-electron chi connectivity index (χ3n) is 4.53. The topological polar surface area (TPSA) is 73.8 Å². The fraction of sp³-hybridized carbons (Fsp3) is 0.294. The first kappa shape index (κ1) is 17.9. The van der Waals surface area contributed by atoms with Gasteiger partial charge in [-0.3, -0.25) is 4.79 Å². The molecule has 0 N–H and O–H groups in total. The van der Waals surface area contributed by atoms with Crippen LogP contribution in [0.3, 0.4) is 0 Å². The van der Waals surface area contributed by atoms with Gasteiger partial charge in [0.15, 0.2) is 5.82 Å². The van der Waals surface area contributed by atoms with Gasteiger partial charge in [-0.1, -0.05) is 29.3 Å². The van der Waals surface area contributed by atoms with Crippen LogP contribution < -0.4 is 0 Å². The lowest BCUT2D eigenvalue weighted by Crippen LogP contribution is -2.51. The van der Waals surface area contributed by atoms with Gasteiger partial charge in [-0.05, 0) is 24.2 Å². The maximum absolute atomic E-state index is 13.1. The lowest BCUT2D eigenvalue weighted by molar-refractivity contribution is -0.576. The van der Waals surface area contributed by atoms with Gasteiger partial charge in [-0.25, -0.2) is 18.9 Å². The van der Waals surface area contributed by atoms with Crippen LogP contribution in [0.2, 0.25) is 10.0 Å². The highest BCUT2D eigenvalue weighted by molar-refractivity contribution is 6.43. The summed E-state index contributed by atoms with van der Waals surface area (Å²) in [6.45, 7) is 2.68. The summed E-state index contributed by atoms with van der Waals surface area (Å²) in [7, 11) is 0. The number of halogens is 3. The molecule has 2 atom stereocenters. The lowest BCUT2D eigenvalue weighted by Gasteiger charge is -2.31. The Morgan fingerprint density at radius 2 is 2.04 bits per heavy atom. The predicted octanol–water partition coefficient (Wildman–Crippen LogP) is 3.34. The van der Waals surface area contributed by atoms with Gasteiger partial charge in [0.1, 0.15) is 13.1 Å². The Labute approximate surface area is 164 Å². The zero-order valence-corrected chi connectivity index (χ0v) is 15.7. The second-order valence-electron chi connectivity index (χ2n) is 6.30. The van der Waals surface area contributed by atoms with E-state index >= 15 is 0 Å². The van der Waals surface area contributed by atoms with Gasteiger partial charge in [0.2, 0.25) is 5.82 Å². The van der Waals surface area contributed by atoms with Crippen LogP contribution in [0.5, 0.6) is 0 Å². The largest absolute Gasteiger partial charge is 0.343 e. The second-order valence-corrected chi connectivity index (χ2v) is 7.09. The molecule has 27 heavy (non-hydrogen) atoms. The zero-order valence-electron chi connectivity index (χ0n) is 14.2. The first-order valence-electron chi connectivity index (χ1n) is 8.21. The number of rotatable bonds is 2. The minimum absolute atomic E-state index is 0.136. The van der Waals surface area contributed by atoms with Gasteiger partial charge in [0.05, 0.1) is 39.2 Å². The van der Waals surface area contributed by atoms with Crippen molar-refractivity contribution >= 4 is 34.9 Å². The first-order chi connectivity index (χ1) is 13.0. The van der Waals surface area contributed by atoms with E-state index in [-0.39, 0.29) is 23.5 Å². The molecule has 0 radical (unpaired) electrons. The van der Waals surface area contributed by atoms with Crippen LogP contribution >= 0.6 is 23.2 Å². The number of amidine groups is 1. The molecule has 2 aliphatic heterocycles. The Morgan fingerprint density at radius 1 is 1.30 bits per heavy atom. The van der Waals surface area contributed by atoms with E-state index in [0.29, 0.717) is 28.8 Å². The number of nitrogens with zero attached hydrogens (tertiary/aromatic N) is 6. The van der Waals surface area contributed by atoms with Crippen LogP contribution in [-0.2, 0) is 0 Å². The Kier molecular flexibility index (Phi) is 4.61. The van der Waals surface area contributed by atoms with Gasteiger partial charge in [-0.15, -0.1) is 0 Å². The fourth-order valence-corrected chi connectivity index (χ4v) is 3.52. The first-order valence-corrected chi connectivity index (χ1v) is 8.97. The molecule has 0 saturated carbocycles. The predicted molar refractivity (Wildman–Crippen MR) is 96.7 cm³/mol. The Bertz CT molecular complexity index is 978. The molecule has 3 heterocycles. The highest BCUT2D eigenvalue weighted by atomic mass is 35.5. The van der Waals surface area contributed by atoms with Gasteiger partial charge in [-0.2, -0.15) is 0 Å². The van der Waals surface area contributed by atoms with Gasteiger partial charge in [0.25, 0.3) is 12.1 Å². The van der Waals surface area contributed by atoms with E-state index in [1.807, 2.05) is 11.5 Å². The van der Waals surface area contributed by atoms with Gasteiger partial charge >= 0.3 is 5.84 Å². The number of azo groups is 1. The molecule has 4 rings (SSSR count). The van der Waals surface area contributed by atoms with Crippen molar-refractivity contribution in [3.8, 4) is 0 Å². The summed E-state index contributed by atoms with van der Waals surface area (Å²) in [5.74, 6) is 0.247. The monoisotopic (exact) mass is 407 g/mol. The average molecular weight is 408 g/mol. The molecule has 1 unspecified atom stereocenters. The van der Waals surface area contributed by atoms with Crippen LogP contribution in [0, 0.1) is 5.82 Å². The highest BCUT2D eigenvalue weighted by Crippen LogP contribution is 2.29. The zero-order chi connectivity index (χ0) is 19.1. The molecule has 0 fully saturated rings. The van der Waals surface area contributed by atoms with Crippen molar-refractivity contribution in [2.45, 2.75) is 19.1 Å². The van der Waals surface area contributed by atoms with Crippen molar-refractivity contribution in [3.05, 3.63) is 57.8 Å². The van der Waals surface area contributed by atoms with Crippen molar-refractivity contribution in [2.75, 3.05) is 13.1 Å².